The van der Waals surface area contributed by atoms with Gasteiger partial charge in [0.2, 0.25) is 0 Å². The van der Waals surface area contributed by atoms with Gasteiger partial charge in [0, 0.05) is 6.42 Å². The molecule has 0 aliphatic carbocycles. The maximum atomic E-state index is 13.0. The quantitative estimate of drug-likeness (QED) is 0.378. The number of hydrogen-bond acceptors (Lipinski definition) is 2. The van der Waals surface area contributed by atoms with E-state index in [4.69, 9.17) is 5.11 Å². The van der Waals surface area contributed by atoms with E-state index < -0.39 is 24.6 Å². The predicted molar refractivity (Wildman–Crippen MR) is 57.0 cm³/mol. The topological polar surface area (TPSA) is 46.5 Å². The fraction of sp³-hybridized carbons (Fsp3) is 0.909. The molecule has 3 nitrogen and oxygen atoms in total. The van der Waals surface area contributed by atoms with Crippen LogP contribution >= 0.6 is 0 Å². The number of carboxylic acid groups (broad SMARTS) is 1. The molecule has 0 saturated carbocycles. The highest BCUT2D eigenvalue weighted by atomic mass is 19.3. The van der Waals surface area contributed by atoms with Gasteiger partial charge in [-0.15, -0.1) is 0 Å². The summed E-state index contributed by atoms with van der Waals surface area (Å²) in [5.41, 5.74) is 0. The van der Waals surface area contributed by atoms with Crippen molar-refractivity contribution >= 4 is 6.16 Å². The molecule has 7 heteroatoms. The molecule has 0 heterocycles. The molecule has 0 aromatic heterocycles. The largest absolute Gasteiger partial charge is 0.510 e. The molecule has 0 aromatic carbocycles. The van der Waals surface area contributed by atoms with E-state index >= 15 is 0 Å². The van der Waals surface area contributed by atoms with Crippen LogP contribution in [0.25, 0.3) is 0 Å². The van der Waals surface area contributed by atoms with E-state index in [-0.39, 0.29) is 6.42 Å². The summed E-state index contributed by atoms with van der Waals surface area (Å²) < 4.78 is 54.4. The molecule has 18 heavy (non-hydrogen) atoms. The van der Waals surface area contributed by atoms with E-state index in [1.165, 1.54) is 0 Å². The fourth-order valence-corrected chi connectivity index (χ4v) is 1.46. The molecule has 0 aliphatic heterocycles. The fourth-order valence-electron chi connectivity index (χ4n) is 1.46. The number of rotatable bonds is 9. The first-order valence-electron chi connectivity index (χ1n) is 5.90. The lowest BCUT2D eigenvalue weighted by Crippen LogP contribution is -2.44. The van der Waals surface area contributed by atoms with Gasteiger partial charge in [-0.1, -0.05) is 39.0 Å². The summed E-state index contributed by atoms with van der Waals surface area (Å²) in [5.74, 6) is -4.46. The van der Waals surface area contributed by atoms with Crippen LogP contribution < -0.4 is 0 Å². The van der Waals surface area contributed by atoms with Crippen LogP contribution in [0.4, 0.5) is 22.4 Å². The van der Waals surface area contributed by atoms with E-state index in [1.807, 2.05) is 6.92 Å². The van der Waals surface area contributed by atoms with Crippen LogP contribution in [0.3, 0.4) is 0 Å². The number of ether oxygens (including phenoxy) is 1. The lowest BCUT2D eigenvalue weighted by molar-refractivity contribution is -0.327. The van der Waals surface area contributed by atoms with E-state index in [0.29, 0.717) is 12.8 Å². The monoisotopic (exact) mass is 274 g/mol. The highest BCUT2D eigenvalue weighted by Crippen LogP contribution is 2.39. The number of halogens is 4. The zero-order valence-corrected chi connectivity index (χ0v) is 10.2. The lowest BCUT2D eigenvalue weighted by Gasteiger charge is -2.24. The molecule has 0 rings (SSSR count). The molecule has 0 bridgehead atoms. The summed E-state index contributed by atoms with van der Waals surface area (Å²) >= 11 is 0. The number of hydrogen-bond donors (Lipinski definition) is 1. The first-order chi connectivity index (χ1) is 8.23. The van der Waals surface area contributed by atoms with Crippen molar-refractivity contribution in [1.29, 1.82) is 0 Å². The minimum atomic E-state index is -4.97. The number of alkyl halides is 4. The summed E-state index contributed by atoms with van der Waals surface area (Å²) in [4.78, 5) is 9.87. The second-order valence-electron chi connectivity index (χ2n) is 4.11. The molecule has 0 aromatic rings. The molecular weight excluding hydrogens is 256 g/mol. The van der Waals surface area contributed by atoms with Gasteiger partial charge in [0.05, 0.1) is 0 Å². The SMILES string of the molecule is CCCCCCCCC(F)(F)C(F)(F)OC(=O)O. The van der Waals surface area contributed by atoms with Gasteiger partial charge in [0.15, 0.2) is 0 Å². The predicted octanol–water partition coefficient (Wildman–Crippen LogP) is 4.66. The Morgan fingerprint density at radius 3 is 2.06 bits per heavy atom. The Morgan fingerprint density at radius 2 is 1.56 bits per heavy atom. The zero-order chi connectivity index (χ0) is 14.2. The second kappa shape index (κ2) is 7.43. The van der Waals surface area contributed by atoms with Gasteiger partial charge in [0.25, 0.3) is 0 Å². The molecular formula is C11H18F4O3. The third-order valence-corrected chi connectivity index (χ3v) is 2.49. The minimum absolute atomic E-state index is 0.0880. The van der Waals surface area contributed by atoms with E-state index in [0.717, 1.165) is 19.3 Å². The highest BCUT2D eigenvalue weighted by molar-refractivity contribution is 5.57. The van der Waals surface area contributed by atoms with Crippen LogP contribution in [0.1, 0.15) is 51.9 Å². The maximum absolute atomic E-state index is 13.0. The van der Waals surface area contributed by atoms with E-state index in [9.17, 15) is 22.4 Å². The van der Waals surface area contributed by atoms with Crippen LogP contribution in [0.15, 0.2) is 0 Å². The van der Waals surface area contributed by atoms with Crippen molar-refractivity contribution in [3.8, 4) is 0 Å². The van der Waals surface area contributed by atoms with Crippen LogP contribution in [0.5, 0.6) is 0 Å². The third kappa shape index (κ3) is 6.07. The first kappa shape index (κ1) is 17.0. The van der Waals surface area contributed by atoms with Crippen molar-refractivity contribution in [3.63, 3.8) is 0 Å². The van der Waals surface area contributed by atoms with Gasteiger partial charge in [-0.3, -0.25) is 0 Å². The Hall–Kier alpha value is -1.01. The van der Waals surface area contributed by atoms with Crippen LogP contribution in [0, 0.1) is 0 Å². The molecule has 0 saturated heterocycles. The Labute approximate surface area is 103 Å². The van der Waals surface area contributed by atoms with Crippen LogP contribution in [0.2, 0.25) is 0 Å². The summed E-state index contributed by atoms with van der Waals surface area (Å²) in [7, 11) is 0. The van der Waals surface area contributed by atoms with Gasteiger partial charge >= 0.3 is 18.2 Å². The van der Waals surface area contributed by atoms with Crippen molar-refractivity contribution in [2.45, 2.75) is 63.9 Å². The number of unbranched alkanes of at least 4 members (excludes halogenated alkanes) is 5. The van der Waals surface area contributed by atoms with Crippen LogP contribution in [-0.2, 0) is 4.74 Å². The average molecular weight is 274 g/mol. The molecule has 0 amide bonds. The molecule has 0 aliphatic rings. The van der Waals surface area contributed by atoms with E-state index in [2.05, 4.69) is 4.74 Å². The smallest absolute Gasteiger partial charge is 0.450 e. The normalized spacial score (nSPS) is 12.5. The summed E-state index contributed by atoms with van der Waals surface area (Å²) in [6.45, 7) is 2.00. The van der Waals surface area contributed by atoms with E-state index in [1.54, 1.807) is 0 Å². The second-order valence-corrected chi connectivity index (χ2v) is 4.11. The van der Waals surface area contributed by atoms with Crippen molar-refractivity contribution in [1.82, 2.24) is 0 Å². The molecule has 0 fully saturated rings. The van der Waals surface area contributed by atoms with Crippen molar-refractivity contribution in [2.24, 2.45) is 0 Å². The molecule has 0 unspecified atom stereocenters. The number of carbonyl (C=O) groups is 1. The standard InChI is InChI=1S/C11H18F4O3/c1-2-3-4-5-6-7-8-10(12,13)11(14,15)18-9(16)17/h2-8H2,1H3,(H,16,17). The van der Waals surface area contributed by atoms with Crippen molar-refractivity contribution in [3.05, 3.63) is 0 Å². The summed E-state index contributed by atoms with van der Waals surface area (Å²) in [6.07, 6.45) is -4.58. The first-order valence-corrected chi connectivity index (χ1v) is 5.90. The molecule has 0 atom stereocenters. The Morgan fingerprint density at radius 1 is 1.06 bits per heavy atom. The Kier molecular flexibility index (Phi) is 7.01. The molecule has 108 valence electrons. The Balaban J connectivity index is 4.02. The van der Waals surface area contributed by atoms with Gasteiger partial charge in [-0.2, -0.15) is 17.6 Å². The van der Waals surface area contributed by atoms with Crippen molar-refractivity contribution in [2.75, 3.05) is 0 Å². The third-order valence-electron chi connectivity index (χ3n) is 2.49. The van der Waals surface area contributed by atoms with Crippen LogP contribution in [-0.4, -0.2) is 23.3 Å². The van der Waals surface area contributed by atoms with Gasteiger partial charge < -0.3 is 9.84 Å². The molecule has 0 spiro atoms. The zero-order valence-electron chi connectivity index (χ0n) is 10.2. The maximum Gasteiger partial charge on any atom is 0.510 e. The summed E-state index contributed by atoms with van der Waals surface area (Å²) in [5, 5.41) is 7.95. The summed E-state index contributed by atoms with van der Waals surface area (Å²) in [6, 6.07) is 0. The minimum Gasteiger partial charge on any atom is -0.450 e. The van der Waals surface area contributed by atoms with Gasteiger partial charge in [-0.05, 0) is 6.42 Å². The highest BCUT2D eigenvalue weighted by Gasteiger charge is 2.59. The van der Waals surface area contributed by atoms with Gasteiger partial charge in [-0.25, -0.2) is 4.79 Å². The van der Waals surface area contributed by atoms with Crippen molar-refractivity contribution < 1.29 is 32.2 Å². The van der Waals surface area contributed by atoms with Gasteiger partial charge in [0.1, 0.15) is 0 Å². The average Bonchev–Trinajstić information content (AvgIpc) is 2.21. The lowest BCUT2D eigenvalue weighted by atomic mass is 10.1. The molecule has 1 N–H and O–H groups in total. The molecule has 0 radical (unpaired) electrons. The Bertz CT molecular complexity index is 257.